The van der Waals surface area contributed by atoms with Crippen LogP contribution in [-0.2, 0) is 9.59 Å². The van der Waals surface area contributed by atoms with Gasteiger partial charge in [-0.05, 0) is 61.6 Å². The molecule has 0 unspecified atom stereocenters. The monoisotopic (exact) mass is 432 g/mol. The number of fused-ring (bicyclic) bond motifs is 5. The first kappa shape index (κ1) is 20.3. The third-order valence-corrected chi connectivity index (χ3v) is 6.93. The van der Waals surface area contributed by atoms with Crippen molar-refractivity contribution in [1.29, 1.82) is 0 Å². The van der Waals surface area contributed by atoms with Crippen molar-refractivity contribution in [2.75, 3.05) is 24.4 Å². The second-order valence-corrected chi connectivity index (χ2v) is 8.55. The summed E-state index contributed by atoms with van der Waals surface area (Å²) < 4.78 is 10.5. The molecule has 3 aliphatic rings. The van der Waals surface area contributed by atoms with Crippen LogP contribution in [0.1, 0.15) is 23.7 Å². The first-order chi connectivity index (χ1) is 15.4. The van der Waals surface area contributed by atoms with Gasteiger partial charge in [0, 0.05) is 11.6 Å². The van der Waals surface area contributed by atoms with Gasteiger partial charge in [-0.3, -0.25) is 19.3 Å². The Bertz CT molecular complexity index is 1150. The molecule has 7 heteroatoms. The number of carbonyl (C=O) groups excluding carboxylic acids is 3. The molecule has 2 aromatic carbocycles. The third-order valence-electron chi connectivity index (χ3n) is 6.93. The largest absolute Gasteiger partial charge is 0.497 e. The zero-order valence-electron chi connectivity index (χ0n) is 18.1. The van der Waals surface area contributed by atoms with E-state index in [0.29, 0.717) is 28.4 Å². The number of benzene rings is 2. The second kappa shape index (κ2) is 7.51. The maximum Gasteiger partial charge on any atom is 0.255 e. The molecule has 0 spiro atoms. The molecule has 1 N–H and O–H groups in total. The van der Waals surface area contributed by atoms with Crippen LogP contribution in [0.5, 0.6) is 11.5 Å². The highest BCUT2D eigenvalue weighted by Crippen LogP contribution is 2.55. The number of hydrogen-bond donors (Lipinski definition) is 1. The van der Waals surface area contributed by atoms with Crippen LogP contribution in [0.3, 0.4) is 0 Å². The summed E-state index contributed by atoms with van der Waals surface area (Å²) in [5.74, 6) is 0.363. The summed E-state index contributed by atoms with van der Waals surface area (Å²) in [7, 11) is 3.07. The van der Waals surface area contributed by atoms with E-state index in [9.17, 15) is 14.4 Å². The number of nitrogens with zero attached hydrogens (tertiary/aromatic N) is 1. The number of carbonyl (C=O) groups is 3. The van der Waals surface area contributed by atoms with Crippen molar-refractivity contribution in [2.45, 2.75) is 13.3 Å². The number of rotatable bonds is 5. The molecule has 4 atom stereocenters. The Balaban J connectivity index is 1.34. The fraction of sp³-hybridized carbons (Fsp3) is 0.320. The smallest absolute Gasteiger partial charge is 0.255 e. The van der Waals surface area contributed by atoms with E-state index in [1.54, 1.807) is 49.6 Å². The average molecular weight is 432 g/mol. The van der Waals surface area contributed by atoms with E-state index in [1.165, 1.54) is 17.6 Å². The molecule has 0 radical (unpaired) electrons. The molecule has 1 saturated heterocycles. The fourth-order valence-corrected chi connectivity index (χ4v) is 5.39. The molecule has 7 nitrogen and oxygen atoms in total. The van der Waals surface area contributed by atoms with E-state index in [2.05, 4.69) is 11.4 Å². The van der Waals surface area contributed by atoms with Gasteiger partial charge in [0.2, 0.25) is 11.8 Å². The number of nitrogens with one attached hydrogen (secondary N) is 1. The van der Waals surface area contributed by atoms with E-state index < -0.39 is 0 Å². The Labute approximate surface area is 186 Å². The first-order valence-corrected chi connectivity index (χ1v) is 10.6. The summed E-state index contributed by atoms with van der Waals surface area (Å²) in [5.41, 5.74) is 2.65. The van der Waals surface area contributed by atoms with Crippen LogP contribution in [0.15, 0.2) is 54.1 Å². The van der Waals surface area contributed by atoms with Crippen molar-refractivity contribution in [3.8, 4) is 11.5 Å². The van der Waals surface area contributed by atoms with E-state index in [4.69, 9.17) is 9.47 Å². The second-order valence-electron chi connectivity index (χ2n) is 8.55. The van der Waals surface area contributed by atoms with Crippen molar-refractivity contribution in [1.82, 2.24) is 0 Å². The third kappa shape index (κ3) is 2.99. The highest BCUT2D eigenvalue weighted by atomic mass is 16.5. The van der Waals surface area contributed by atoms with E-state index in [1.807, 2.05) is 6.92 Å². The van der Waals surface area contributed by atoms with Crippen molar-refractivity contribution >= 4 is 29.1 Å². The Morgan fingerprint density at radius 1 is 1.00 bits per heavy atom. The number of amides is 3. The average Bonchev–Trinajstić information content (AvgIpc) is 3.44. The molecule has 1 saturated carbocycles. The van der Waals surface area contributed by atoms with Crippen molar-refractivity contribution in [2.24, 2.45) is 23.7 Å². The van der Waals surface area contributed by atoms with Gasteiger partial charge in [0.25, 0.3) is 5.91 Å². The van der Waals surface area contributed by atoms with Crippen LogP contribution in [0, 0.1) is 23.7 Å². The summed E-state index contributed by atoms with van der Waals surface area (Å²) in [4.78, 5) is 40.2. The van der Waals surface area contributed by atoms with Gasteiger partial charge in [0.1, 0.15) is 11.5 Å². The Kier molecular flexibility index (Phi) is 4.77. The summed E-state index contributed by atoms with van der Waals surface area (Å²) in [5, 5.41) is 2.82. The number of anilines is 2. The van der Waals surface area contributed by atoms with Gasteiger partial charge in [0.15, 0.2) is 0 Å². The lowest BCUT2D eigenvalue weighted by Gasteiger charge is -2.19. The molecule has 0 aromatic heterocycles. The van der Waals surface area contributed by atoms with Gasteiger partial charge < -0.3 is 14.8 Å². The topological polar surface area (TPSA) is 84.9 Å². The predicted molar refractivity (Wildman–Crippen MR) is 119 cm³/mol. The van der Waals surface area contributed by atoms with Crippen LogP contribution in [0.4, 0.5) is 11.4 Å². The molecule has 2 aromatic rings. The number of imide groups is 1. The van der Waals surface area contributed by atoms with Crippen molar-refractivity contribution in [3.05, 3.63) is 59.7 Å². The molecule has 164 valence electrons. The maximum atomic E-state index is 13.1. The van der Waals surface area contributed by atoms with E-state index in [-0.39, 0.29) is 41.4 Å². The first-order valence-electron chi connectivity index (χ1n) is 10.6. The molecule has 1 aliphatic heterocycles. The number of methoxy groups -OCH3 is 2. The minimum Gasteiger partial charge on any atom is -0.497 e. The van der Waals surface area contributed by atoms with Gasteiger partial charge in [-0.1, -0.05) is 11.6 Å². The predicted octanol–water partition coefficient (Wildman–Crippen LogP) is 3.66. The summed E-state index contributed by atoms with van der Waals surface area (Å²) in [6.07, 6.45) is 3.06. The summed E-state index contributed by atoms with van der Waals surface area (Å²) >= 11 is 0. The van der Waals surface area contributed by atoms with Crippen LogP contribution >= 0.6 is 0 Å². The lowest BCUT2D eigenvalue weighted by molar-refractivity contribution is -0.123. The molecule has 5 rings (SSSR count). The van der Waals surface area contributed by atoms with Crippen LogP contribution in [0.25, 0.3) is 0 Å². The molecule has 2 bridgehead atoms. The van der Waals surface area contributed by atoms with Crippen molar-refractivity contribution in [3.63, 3.8) is 0 Å². The standard InChI is InChI=1S/C25H24N2O5/c1-13-10-15-11-18(13)22-21(15)24(29)27(25(22)30)16-6-4-14(5-7-16)23(28)26-19-9-8-17(31-2)12-20(19)32-3/h4-10,12,15,18,21-22H,11H2,1-3H3,(H,26,28)/t15-,18+,21+,22+/m0/s1. The zero-order valence-corrected chi connectivity index (χ0v) is 18.1. The Morgan fingerprint density at radius 2 is 1.72 bits per heavy atom. The minimum absolute atomic E-state index is 0.125. The summed E-state index contributed by atoms with van der Waals surface area (Å²) in [6, 6.07) is 11.7. The maximum absolute atomic E-state index is 13.1. The highest BCUT2D eigenvalue weighted by Gasteiger charge is 2.60. The lowest BCUT2D eigenvalue weighted by Crippen LogP contribution is -2.33. The van der Waals surface area contributed by atoms with E-state index >= 15 is 0 Å². The molecule has 32 heavy (non-hydrogen) atoms. The minimum atomic E-state index is -0.325. The molecule has 2 aliphatic carbocycles. The quantitative estimate of drug-likeness (QED) is 0.576. The normalized spacial score (nSPS) is 25.6. The SMILES string of the molecule is COc1ccc(NC(=O)c2ccc(N3C(=O)[C@H]4[C@H](C3=O)[C@H]3C=C(C)[C@H]4C3)cc2)c(OC)c1. The molecule has 3 amide bonds. The van der Waals surface area contributed by atoms with Gasteiger partial charge >= 0.3 is 0 Å². The fourth-order valence-electron chi connectivity index (χ4n) is 5.39. The van der Waals surface area contributed by atoms with E-state index in [0.717, 1.165) is 6.42 Å². The molecular weight excluding hydrogens is 408 g/mol. The molecular formula is C25H24N2O5. The van der Waals surface area contributed by atoms with Gasteiger partial charge in [-0.15, -0.1) is 0 Å². The van der Waals surface area contributed by atoms with Gasteiger partial charge in [0.05, 0.1) is 37.4 Å². The zero-order chi connectivity index (χ0) is 22.6. The Hall–Kier alpha value is -3.61. The molecule has 2 fully saturated rings. The summed E-state index contributed by atoms with van der Waals surface area (Å²) in [6.45, 7) is 2.05. The lowest BCUT2D eigenvalue weighted by atomic mass is 9.82. The van der Waals surface area contributed by atoms with Crippen LogP contribution in [0.2, 0.25) is 0 Å². The highest BCUT2D eigenvalue weighted by molar-refractivity contribution is 6.23. The number of ether oxygens (including phenoxy) is 2. The Morgan fingerprint density at radius 3 is 2.41 bits per heavy atom. The van der Waals surface area contributed by atoms with Crippen LogP contribution < -0.4 is 19.7 Å². The van der Waals surface area contributed by atoms with Gasteiger partial charge in [-0.2, -0.15) is 0 Å². The van der Waals surface area contributed by atoms with Crippen LogP contribution in [-0.4, -0.2) is 31.9 Å². The van der Waals surface area contributed by atoms with Crippen molar-refractivity contribution < 1.29 is 23.9 Å². The van der Waals surface area contributed by atoms with Gasteiger partial charge in [-0.25, -0.2) is 0 Å². The number of allylic oxidation sites excluding steroid dienone is 2. The molecule has 1 heterocycles. The number of hydrogen-bond acceptors (Lipinski definition) is 5.